The molecule has 0 radical (unpaired) electrons. The van der Waals surface area contributed by atoms with Crippen molar-refractivity contribution in [3.8, 4) is 0 Å². The molecule has 0 aliphatic rings. The average Bonchev–Trinajstić information content (AvgIpc) is 2.16. The zero-order chi connectivity index (χ0) is 13.3. The van der Waals surface area contributed by atoms with Crippen LogP contribution in [-0.2, 0) is 9.84 Å². The second kappa shape index (κ2) is 3.96. The van der Waals surface area contributed by atoms with Crippen LogP contribution in [0.2, 0.25) is 0 Å². The van der Waals surface area contributed by atoms with E-state index in [-0.39, 0.29) is 0 Å². The first-order chi connectivity index (χ1) is 7.63. The SMILES string of the molecule is [2H]C([2H])([2H])S(=O)(=O)CC(=C)c1ccc(C)cc1. The molecule has 76 valence electrons. The molecule has 1 rings (SSSR count). The van der Waals surface area contributed by atoms with Crippen molar-refractivity contribution in [1.82, 2.24) is 0 Å². The summed E-state index contributed by atoms with van der Waals surface area (Å²) in [7, 11) is -4.15. The third-order valence-corrected chi connectivity index (χ3v) is 2.55. The Hall–Kier alpha value is -1.09. The third kappa shape index (κ3) is 3.34. The quantitative estimate of drug-likeness (QED) is 0.770. The molecule has 0 saturated carbocycles. The normalized spacial score (nSPS) is 15.4. The maximum absolute atomic E-state index is 11.5. The molecule has 1 aromatic rings. The van der Waals surface area contributed by atoms with Crippen molar-refractivity contribution < 1.29 is 12.5 Å². The third-order valence-electron chi connectivity index (χ3n) is 1.82. The molecule has 0 spiro atoms. The van der Waals surface area contributed by atoms with Crippen molar-refractivity contribution in [2.24, 2.45) is 0 Å². The molecule has 3 heteroatoms. The molecule has 14 heavy (non-hydrogen) atoms. The van der Waals surface area contributed by atoms with E-state index >= 15 is 0 Å². The van der Waals surface area contributed by atoms with Crippen molar-refractivity contribution in [3.63, 3.8) is 0 Å². The van der Waals surface area contributed by atoms with E-state index < -0.39 is 21.8 Å². The van der Waals surface area contributed by atoms with Gasteiger partial charge in [0.05, 0.1) is 5.75 Å². The van der Waals surface area contributed by atoms with E-state index in [2.05, 4.69) is 6.58 Å². The first-order valence-corrected chi connectivity index (χ1v) is 5.76. The minimum Gasteiger partial charge on any atom is -0.229 e. The van der Waals surface area contributed by atoms with Crippen molar-refractivity contribution in [1.29, 1.82) is 0 Å². The number of aryl methyl sites for hydroxylation is 1. The smallest absolute Gasteiger partial charge is 0.151 e. The van der Waals surface area contributed by atoms with Crippen LogP contribution in [0.4, 0.5) is 0 Å². The first kappa shape index (κ1) is 7.23. The van der Waals surface area contributed by atoms with Gasteiger partial charge in [0.2, 0.25) is 0 Å². The molecule has 0 amide bonds. The fourth-order valence-corrected chi connectivity index (χ4v) is 1.73. The van der Waals surface area contributed by atoms with Gasteiger partial charge in [0, 0.05) is 10.3 Å². The highest BCUT2D eigenvalue weighted by Gasteiger charge is 2.06. The fraction of sp³-hybridized carbons (Fsp3) is 0.273. The summed E-state index contributed by atoms with van der Waals surface area (Å²) in [6, 6.07) is 7.10. The summed E-state index contributed by atoms with van der Waals surface area (Å²) >= 11 is 0. The van der Waals surface area contributed by atoms with Crippen LogP contribution in [0.15, 0.2) is 30.8 Å². The minimum absolute atomic E-state index is 0.293. The van der Waals surface area contributed by atoms with Crippen molar-refractivity contribution in [2.45, 2.75) is 6.92 Å². The van der Waals surface area contributed by atoms with E-state index in [1.165, 1.54) is 0 Å². The predicted molar refractivity (Wildman–Crippen MR) is 59.9 cm³/mol. The molecular formula is C11H14O2S. The highest BCUT2D eigenvalue weighted by atomic mass is 32.2. The Morgan fingerprint density at radius 1 is 1.43 bits per heavy atom. The average molecular weight is 213 g/mol. The monoisotopic (exact) mass is 213 g/mol. The second-order valence-electron chi connectivity index (χ2n) is 3.23. The van der Waals surface area contributed by atoms with E-state index in [1.807, 2.05) is 19.1 Å². The van der Waals surface area contributed by atoms with Crippen LogP contribution in [0.25, 0.3) is 5.57 Å². The number of rotatable bonds is 3. The summed E-state index contributed by atoms with van der Waals surface area (Å²) in [5.41, 5.74) is 1.98. The van der Waals surface area contributed by atoms with Gasteiger partial charge in [0.25, 0.3) is 0 Å². The molecule has 0 N–H and O–H groups in total. The molecule has 0 aliphatic carbocycles. The Labute approximate surface area is 89.4 Å². The fourth-order valence-electron chi connectivity index (χ4n) is 1.10. The lowest BCUT2D eigenvalue weighted by molar-refractivity contribution is 0.605. The zero-order valence-electron chi connectivity index (χ0n) is 10.9. The lowest BCUT2D eigenvalue weighted by atomic mass is 10.1. The van der Waals surface area contributed by atoms with Crippen LogP contribution >= 0.6 is 0 Å². The van der Waals surface area contributed by atoms with Gasteiger partial charge < -0.3 is 0 Å². The van der Waals surface area contributed by atoms with Gasteiger partial charge in [-0.25, -0.2) is 8.42 Å². The molecule has 0 bridgehead atoms. The van der Waals surface area contributed by atoms with Crippen molar-refractivity contribution >= 4 is 15.4 Å². The van der Waals surface area contributed by atoms with Crippen LogP contribution in [0.1, 0.15) is 15.2 Å². The Morgan fingerprint density at radius 3 is 2.50 bits per heavy atom. The van der Waals surface area contributed by atoms with Crippen LogP contribution in [0.3, 0.4) is 0 Å². The van der Waals surface area contributed by atoms with E-state index in [0.29, 0.717) is 11.1 Å². The summed E-state index contributed by atoms with van der Waals surface area (Å²) in [6.07, 6.45) is -2.99. The standard InChI is InChI=1S/C11H14O2S/c1-9-4-6-11(7-5-9)10(2)8-14(3,12)13/h4-7H,2,8H2,1,3H3/i3D3. The lowest BCUT2D eigenvalue weighted by Gasteiger charge is -2.04. The van der Waals surface area contributed by atoms with E-state index in [1.54, 1.807) is 12.1 Å². The maximum atomic E-state index is 11.5. The van der Waals surface area contributed by atoms with E-state index in [4.69, 9.17) is 4.11 Å². The molecule has 2 nitrogen and oxygen atoms in total. The van der Waals surface area contributed by atoms with E-state index in [9.17, 15) is 8.42 Å². The molecular weight excluding hydrogens is 196 g/mol. The van der Waals surface area contributed by atoms with Gasteiger partial charge in [-0.2, -0.15) is 0 Å². The highest BCUT2D eigenvalue weighted by molar-refractivity contribution is 7.91. The van der Waals surface area contributed by atoms with Crippen LogP contribution in [0.5, 0.6) is 0 Å². The van der Waals surface area contributed by atoms with Crippen LogP contribution < -0.4 is 0 Å². The van der Waals surface area contributed by atoms with Gasteiger partial charge in [-0.05, 0) is 18.1 Å². The lowest BCUT2D eigenvalue weighted by Crippen LogP contribution is -2.04. The summed E-state index contributed by atoms with van der Waals surface area (Å²) in [5, 5.41) is 0. The Kier molecular flexibility index (Phi) is 2.05. The topological polar surface area (TPSA) is 34.1 Å². The van der Waals surface area contributed by atoms with Gasteiger partial charge in [-0.1, -0.05) is 36.4 Å². The zero-order valence-corrected chi connectivity index (χ0v) is 8.76. The second-order valence-corrected chi connectivity index (χ2v) is 4.75. The largest absolute Gasteiger partial charge is 0.229 e. The van der Waals surface area contributed by atoms with Gasteiger partial charge >= 0.3 is 0 Å². The minimum atomic E-state index is -4.15. The Morgan fingerprint density at radius 2 is 2.00 bits per heavy atom. The first-order valence-electron chi connectivity index (χ1n) is 5.60. The number of hydrogen-bond donors (Lipinski definition) is 0. The van der Waals surface area contributed by atoms with Crippen LogP contribution in [0, 0.1) is 6.92 Å². The molecule has 0 fully saturated rings. The molecule has 0 aromatic heterocycles. The number of hydrogen-bond acceptors (Lipinski definition) is 2. The molecule has 0 aliphatic heterocycles. The van der Waals surface area contributed by atoms with E-state index in [0.717, 1.165) is 5.56 Å². The molecule has 0 unspecified atom stereocenters. The van der Waals surface area contributed by atoms with Gasteiger partial charge in [0.1, 0.15) is 0 Å². The molecule has 1 aromatic carbocycles. The van der Waals surface area contributed by atoms with Crippen molar-refractivity contribution in [3.05, 3.63) is 42.0 Å². The van der Waals surface area contributed by atoms with Gasteiger partial charge in [-0.15, -0.1) is 0 Å². The highest BCUT2D eigenvalue weighted by Crippen LogP contribution is 2.14. The van der Waals surface area contributed by atoms with Gasteiger partial charge in [0.15, 0.2) is 9.84 Å². The molecule has 0 heterocycles. The summed E-state index contributed by atoms with van der Waals surface area (Å²) < 4.78 is 43.7. The predicted octanol–water partition coefficient (Wildman–Crippen LogP) is 2.05. The van der Waals surface area contributed by atoms with Crippen LogP contribution in [-0.4, -0.2) is 20.4 Å². The van der Waals surface area contributed by atoms with Gasteiger partial charge in [-0.3, -0.25) is 0 Å². The Bertz CT molecular complexity index is 513. The molecule has 0 atom stereocenters. The summed E-state index contributed by atoms with van der Waals surface area (Å²) in [4.78, 5) is 0. The maximum Gasteiger partial charge on any atom is 0.151 e. The summed E-state index contributed by atoms with van der Waals surface area (Å²) in [6.45, 7) is 5.53. The summed E-state index contributed by atoms with van der Waals surface area (Å²) in [5.74, 6) is -0.549. The Balaban J connectivity index is 2.91. The number of benzene rings is 1. The number of sulfone groups is 1. The van der Waals surface area contributed by atoms with Crippen molar-refractivity contribution in [2.75, 3.05) is 11.9 Å². The molecule has 0 saturated heterocycles.